The summed E-state index contributed by atoms with van der Waals surface area (Å²) in [6, 6.07) is 9.38. The van der Waals surface area contributed by atoms with Gasteiger partial charge in [-0.05, 0) is 37.1 Å². The van der Waals surface area contributed by atoms with Gasteiger partial charge in [0.25, 0.3) is 5.91 Å². The molecule has 1 N–H and O–H groups in total. The number of carbonyl (C=O) groups is 2. The number of hydrogen-bond donors (Lipinski definition) is 1. The van der Waals surface area contributed by atoms with Crippen molar-refractivity contribution in [1.82, 2.24) is 4.90 Å². The normalized spacial score (nSPS) is 16.1. The van der Waals surface area contributed by atoms with Gasteiger partial charge in [0, 0.05) is 30.8 Å². The molecule has 0 atom stereocenters. The lowest BCUT2D eigenvalue weighted by molar-refractivity contribution is -0.121. The van der Waals surface area contributed by atoms with Gasteiger partial charge in [-0.2, -0.15) is 0 Å². The van der Waals surface area contributed by atoms with E-state index in [0.29, 0.717) is 43.1 Å². The van der Waals surface area contributed by atoms with Crippen molar-refractivity contribution >= 4 is 29.1 Å². The third-order valence-corrected chi connectivity index (χ3v) is 5.28. The molecule has 2 aromatic carbocycles. The summed E-state index contributed by atoms with van der Waals surface area (Å²) >= 11 is 5.98. The molecule has 2 aliphatic heterocycles. The van der Waals surface area contributed by atoms with Gasteiger partial charge in [-0.15, -0.1) is 0 Å². The van der Waals surface area contributed by atoms with E-state index in [-0.39, 0.29) is 29.2 Å². The van der Waals surface area contributed by atoms with E-state index in [9.17, 15) is 14.0 Å². The highest BCUT2D eigenvalue weighted by atomic mass is 35.5. The molecule has 2 aromatic rings. The Kier molecular flexibility index (Phi) is 5.09. The van der Waals surface area contributed by atoms with Crippen LogP contribution in [0.5, 0.6) is 11.5 Å². The Morgan fingerprint density at radius 1 is 1.11 bits per heavy atom. The molecular formula is C20H18ClFN2O4. The first-order chi connectivity index (χ1) is 13.5. The summed E-state index contributed by atoms with van der Waals surface area (Å²) in [5, 5.41) is 2.97. The molecule has 0 aromatic heterocycles. The average Bonchev–Trinajstić information content (AvgIpc) is 3.15. The van der Waals surface area contributed by atoms with Gasteiger partial charge in [0.05, 0.1) is 10.6 Å². The monoisotopic (exact) mass is 404 g/mol. The van der Waals surface area contributed by atoms with Gasteiger partial charge in [0.2, 0.25) is 12.7 Å². The van der Waals surface area contributed by atoms with Crippen LogP contribution < -0.4 is 14.8 Å². The van der Waals surface area contributed by atoms with Crippen molar-refractivity contribution in [3.63, 3.8) is 0 Å². The standard InChI is InChI=1S/C20H18ClFN2O4/c21-14-2-1-3-15(22)18(14)20(26)24-8-6-12(7-9-24)19(25)23-13-4-5-16-17(10-13)28-11-27-16/h1-5,10,12H,6-9,11H2,(H,23,25). The van der Waals surface area contributed by atoms with Crippen molar-refractivity contribution in [2.45, 2.75) is 12.8 Å². The van der Waals surface area contributed by atoms with E-state index < -0.39 is 11.7 Å². The molecule has 1 fully saturated rings. The lowest BCUT2D eigenvalue weighted by Crippen LogP contribution is -2.41. The molecule has 2 aliphatic rings. The Labute approximate surface area is 166 Å². The molecule has 28 heavy (non-hydrogen) atoms. The van der Waals surface area contributed by atoms with Crippen LogP contribution >= 0.6 is 11.6 Å². The fraction of sp³-hybridized carbons (Fsp3) is 0.300. The van der Waals surface area contributed by atoms with E-state index >= 15 is 0 Å². The Morgan fingerprint density at radius 3 is 2.61 bits per heavy atom. The summed E-state index contributed by atoms with van der Waals surface area (Å²) in [5.74, 6) is -0.185. The summed E-state index contributed by atoms with van der Waals surface area (Å²) < 4.78 is 24.5. The zero-order valence-corrected chi connectivity index (χ0v) is 15.7. The van der Waals surface area contributed by atoms with Gasteiger partial charge in [-0.1, -0.05) is 17.7 Å². The fourth-order valence-corrected chi connectivity index (χ4v) is 3.67. The molecule has 0 bridgehead atoms. The minimum Gasteiger partial charge on any atom is -0.454 e. The van der Waals surface area contributed by atoms with Gasteiger partial charge < -0.3 is 19.7 Å². The Bertz CT molecular complexity index is 908. The first-order valence-corrected chi connectivity index (χ1v) is 9.34. The third kappa shape index (κ3) is 3.62. The molecule has 146 valence electrons. The van der Waals surface area contributed by atoms with E-state index in [0.717, 1.165) is 0 Å². The van der Waals surface area contributed by atoms with Crippen LogP contribution in [-0.4, -0.2) is 36.6 Å². The van der Waals surface area contributed by atoms with Crippen LogP contribution in [0.1, 0.15) is 23.2 Å². The van der Waals surface area contributed by atoms with Gasteiger partial charge >= 0.3 is 0 Å². The van der Waals surface area contributed by atoms with E-state index in [4.69, 9.17) is 21.1 Å². The number of rotatable bonds is 3. The first-order valence-electron chi connectivity index (χ1n) is 8.97. The summed E-state index contributed by atoms with van der Waals surface area (Å²) in [6.45, 7) is 0.899. The molecule has 2 heterocycles. The van der Waals surface area contributed by atoms with Crippen molar-refractivity contribution in [2.24, 2.45) is 5.92 Å². The topological polar surface area (TPSA) is 67.9 Å². The number of halogens is 2. The number of likely N-dealkylation sites (tertiary alicyclic amines) is 1. The van der Waals surface area contributed by atoms with E-state index in [2.05, 4.69) is 5.32 Å². The average molecular weight is 405 g/mol. The molecule has 0 aliphatic carbocycles. The Morgan fingerprint density at radius 2 is 1.86 bits per heavy atom. The molecule has 8 heteroatoms. The lowest BCUT2D eigenvalue weighted by atomic mass is 9.95. The zero-order chi connectivity index (χ0) is 19.7. The maximum absolute atomic E-state index is 14.0. The largest absolute Gasteiger partial charge is 0.454 e. The maximum atomic E-state index is 14.0. The molecule has 0 radical (unpaired) electrons. The highest BCUT2D eigenvalue weighted by molar-refractivity contribution is 6.33. The van der Waals surface area contributed by atoms with Crippen LogP contribution in [0.3, 0.4) is 0 Å². The quantitative estimate of drug-likeness (QED) is 0.847. The lowest BCUT2D eigenvalue weighted by Gasteiger charge is -2.31. The summed E-state index contributed by atoms with van der Waals surface area (Å²) in [7, 11) is 0. The van der Waals surface area contributed by atoms with E-state index in [1.54, 1.807) is 18.2 Å². The van der Waals surface area contributed by atoms with Crippen LogP contribution in [-0.2, 0) is 4.79 Å². The summed E-state index contributed by atoms with van der Waals surface area (Å²) in [5.41, 5.74) is 0.512. The van der Waals surface area contributed by atoms with Gasteiger partial charge in [-0.3, -0.25) is 9.59 Å². The minimum atomic E-state index is -0.639. The smallest absolute Gasteiger partial charge is 0.258 e. The van der Waals surface area contributed by atoms with E-state index in [1.807, 2.05) is 0 Å². The second-order valence-corrected chi connectivity index (χ2v) is 7.13. The predicted octanol–water partition coefficient (Wildman–Crippen LogP) is 3.70. The van der Waals surface area contributed by atoms with Crippen molar-refractivity contribution in [1.29, 1.82) is 0 Å². The molecule has 4 rings (SSSR count). The molecule has 0 spiro atoms. The van der Waals surface area contributed by atoms with E-state index in [1.165, 1.54) is 23.1 Å². The van der Waals surface area contributed by atoms with Crippen LogP contribution in [0, 0.1) is 11.7 Å². The third-order valence-electron chi connectivity index (χ3n) is 4.97. The number of amides is 2. The van der Waals surface area contributed by atoms with Crippen molar-refractivity contribution in [3.8, 4) is 11.5 Å². The predicted molar refractivity (Wildman–Crippen MR) is 101 cm³/mol. The highest BCUT2D eigenvalue weighted by Crippen LogP contribution is 2.34. The summed E-state index contributed by atoms with van der Waals surface area (Å²) in [6.07, 6.45) is 0.988. The molecule has 6 nitrogen and oxygen atoms in total. The van der Waals surface area contributed by atoms with Crippen LogP contribution in [0.15, 0.2) is 36.4 Å². The first kappa shape index (κ1) is 18.6. The molecule has 2 amide bonds. The second-order valence-electron chi connectivity index (χ2n) is 6.72. The van der Waals surface area contributed by atoms with Crippen LogP contribution in [0.4, 0.5) is 10.1 Å². The SMILES string of the molecule is O=C(Nc1ccc2c(c1)OCO2)C1CCN(C(=O)c2c(F)cccc2Cl)CC1. The van der Waals surface area contributed by atoms with Crippen LogP contribution in [0.25, 0.3) is 0 Å². The minimum absolute atomic E-state index is 0.0904. The molecule has 0 unspecified atom stereocenters. The van der Waals surface area contributed by atoms with Crippen LogP contribution in [0.2, 0.25) is 5.02 Å². The van der Waals surface area contributed by atoms with Gasteiger partial charge in [0.1, 0.15) is 5.82 Å². The number of fused-ring (bicyclic) bond motifs is 1. The van der Waals surface area contributed by atoms with Crippen molar-refractivity contribution in [3.05, 3.63) is 52.8 Å². The number of nitrogens with one attached hydrogen (secondary N) is 1. The number of ether oxygens (including phenoxy) is 2. The number of carbonyl (C=O) groups excluding carboxylic acids is 2. The molecule has 1 saturated heterocycles. The number of nitrogens with zero attached hydrogens (tertiary/aromatic N) is 1. The highest BCUT2D eigenvalue weighted by Gasteiger charge is 2.30. The number of piperidine rings is 1. The number of hydrogen-bond acceptors (Lipinski definition) is 4. The van der Waals surface area contributed by atoms with Crippen molar-refractivity contribution < 1.29 is 23.5 Å². The maximum Gasteiger partial charge on any atom is 0.258 e. The Hall–Kier alpha value is -2.80. The zero-order valence-electron chi connectivity index (χ0n) is 14.9. The molecule has 0 saturated carbocycles. The van der Waals surface area contributed by atoms with Gasteiger partial charge in [0.15, 0.2) is 11.5 Å². The molecular weight excluding hydrogens is 387 g/mol. The number of benzene rings is 2. The summed E-state index contributed by atoms with van der Waals surface area (Å²) in [4.78, 5) is 26.7. The second kappa shape index (κ2) is 7.67. The Balaban J connectivity index is 1.36. The van der Waals surface area contributed by atoms with Gasteiger partial charge in [-0.25, -0.2) is 4.39 Å². The number of anilines is 1. The fourth-order valence-electron chi connectivity index (χ4n) is 3.42. The van der Waals surface area contributed by atoms with Crippen molar-refractivity contribution in [2.75, 3.05) is 25.2 Å².